The molecule has 1 aliphatic rings. The number of nitrogens with one attached hydrogen (secondary N) is 1. The third-order valence-electron chi connectivity index (χ3n) is 5.28. The number of hydrogen-bond donors (Lipinski definition) is 1. The molecular formula is C21H29N5O5. The number of amides is 1. The molecule has 31 heavy (non-hydrogen) atoms. The van der Waals surface area contributed by atoms with Crippen LogP contribution in [0.15, 0.2) is 25.2 Å². The summed E-state index contributed by atoms with van der Waals surface area (Å²) >= 11 is 0. The molecule has 3 heterocycles. The zero-order chi connectivity index (χ0) is 22.4. The molecule has 1 aliphatic heterocycles. The number of aromatic amines is 1. The Balaban J connectivity index is 1.84. The second-order valence-corrected chi connectivity index (χ2v) is 7.59. The number of nitrogens with zero attached hydrogens (tertiary/aromatic N) is 4. The molecule has 2 aromatic rings. The van der Waals surface area contributed by atoms with Gasteiger partial charge in [0.15, 0.2) is 0 Å². The molecule has 1 amide bonds. The van der Waals surface area contributed by atoms with Crippen molar-refractivity contribution in [2.24, 2.45) is 5.16 Å². The van der Waals surface area contributed by atoms with Crippen LogP contribution in [0.3, 0.4) is 0 Å². The summed E-state index contributed by atoms with van der Waals surface area (Å²) in [5.41, 5.74) is -0.426. The standard InChI is InChI=1S/C21H29N5O5/c1-4-6-8-15-13-17(28)30-20-18(15)19(29)22-21(23-20)31-24-16(7-5-2)26-11-9-25(10-12-26)14(3)27/h13H,4-12H2,1-3H3,(H,22,23,29)/b24-16+. The van der Waals surface area contributed by atoms with E-state index in [1.165, 1.54) is 6.07 Å². The lowest BCUT2D eigenvalue weighted by atomic mass is 10.1. The first kappa shape index (κ1) is 22.5. The Bertz CT molecular complexity index is 1070. The SMILES string of the molecule is CCCCc1cc(=O)oc2nc(O/N=C(\CCC)N3CCN(C(C)=O)CC3)[nH]c(=O)c12. The summed E-state index contributed by atoms with van der Waals surface area (Å²) in [7, 11) is 0. The quantitative estimate of drug-likeness (QED) is 0.403. The summed E-state index contributed by atoms with van der Waals surface area (Å²) in [6.07, 6.45) is 3.90. The lowest BCUT2D eigenvalue weighted by Crippen LogP contribution is -2.50. The average Bonchev–Trinajstić information content (AvgIpc) is 2.74. The van der Waals surface area contributed by atoms with Gasteiger partial charge in [-0.2, -0.15) is 4.98 Å². The molecule has 0 aliphatic carbocycles. The number of piperazine rings is 1. The predicted octanol–water partition coefficient (Wildman–Crippen LogP) is 1.88. The van der Waals surface area contributed by atoms with Gasteiger partial charge in [0, 0.05) is 45.6 Å². The summed E-state index contributed by atoms with van der Waals surface area (Å²) in [6.45, 7) is 8.17. The number of aryl methyl sites for hydroxylation is 1. The molecule has 0 atom stereocenters. The largest absolute Gasteiger partial charge is 0.403 e. The van der Waals surface area contributed by atoms with Crippen LogP contribution in [0.1, 0.15) is 52.0 Å². The first-order chi connectivity index (χ1) is 14.9. The minimum atomic E-state index is -0.554. The van der Waals surface area contributed by atoms with E-state index in [1.54, 1.807) is 11.8 Å². The Labute approximate surface area is 179 Å². The van der Waals surface area contributed by atoms with Crippen molar-refractivity contribution >= 4 is 22.8 Å². The fraction of sp³-hybridized carbons (Fsp3) is 0.571. The van der Waals surface area contributed by atoms with Gasteiger partial charge < -0.3 is 19.1 Å². The molecule has 0 unspecified atom stereocenters. The fourth-order valence-corrected chi connectivity index (χ4v) is 3.60. The van der Waals surface area contributed by atoms with Gasteiger partial charge in [0.25, 0.3) is 5.56 Å². The van der Waals surface area contributed by atoms with E-state index in [0.717, 1.165) is 19.3 Å². The second kappa shape index (κ2) is 10.2. The highest BCUT2D eigenvalue weighted by Gasteiger charge is 2.21. The smallest absolute Gasteiger partial charge is 0.337 e. The minimum Gasteiger partial charge on any atom is -0.403 e. The zero-order valence-electron chi connectivity index (χ0n) is 18.3. The molecule has 1 fully saturated rings. The van der Waals surface area contributed by atoms with E-state index in [2.05, 4.69) is 20.0 Å². The normalized spacial score (nSPS) is 14.9. The van der Waals surface area contributed by atoms with Crippen molar-refractivity contribution < 1.29 is 14.0 Å². The molecule has 1 N–H and O–H groups in total. The number of carbonyl (C=O) groups excluding carboxylic acids is 1. The molecule has 10 heteroatoms. The first-order valence-electron chi connectivity index (χ1n) is 10.7. The van der Waals surface area contributed by atoms with E-state index < -0.39 is 11.2 Å². The third-order valence-corrected chi connectivity index (χ3v) is 5.28. The number of hydrogen-bond acceptors (Lipinski definition) is 7. The van der Waals surface area contributed by atoms with Crippen molar-refractivity contribution in [1.82, 2.24) is 19.8 Å². The van der Waals surface area contributed by atoms with Gasteiger partial charge in [-0.1, -0.05) is 25.4 Å². The fourth-order valence-electron chi connectivity index (χ4n) is 3.60. The Morgan fingerprint density at radius 3 is 2.55 bits per heavy atom. The molecule has 0 bridgehead atoms. The van der Waals surface area contributed by atoms with Crippen molar-refractivity contribution in [3.05, 3.63) is 32.4 Å². The highest BCUT2D eigenvalue weighted by molar-refractivity contribution is 5.82. The van der Waals surface area contributed by atoms with Crippen LogP contribution in [-0.2, 0) is 11.2 Å². The Hall–Kier alpha value is -3.17. The Morgan fingerprint density at radius 1 is 1.19 bits per heavy atom. The van der Waals surface area contributed by atoms with Gasteiger partial charge >= 0.3 is 11.6 Å². The Morgan fingerprint density at radius 2 is 1.90 bits per heavy atom. The van der Waals surface area contributed by atoms with Gasteiger partial charge in [-0.25, -0.2) is 4.79 Å². The number of amidine groups is 1. The van der Waals surface area contributed by atoms with Crippen LogP contribution >= 0.6 is 0 Å². The van der Waals surface area contributed by atoms with E-state index >= 15 is 0 Å². The average molecular weight is 431 g/mol. The number of oxime groups is 1. The molecule has 0 spiro atoms. The highest BCUT2D eigenvalue weighted by atomic mass is 16.6. The lowest BCUT2D eigenvalue weighted by Gasteiger charge is -2.35. The van der Waals surface area contributed by atoms with Crippen molar-refractivity contribution in [1.29, 1.82) is 0 Å². The van der Waals surface area contributed by atoms with Crippen LogP contribution in [0.2, 0.25) is 0 Å². The predicted molar refractivity (Wildman–Crippen MR) is 116 cm³/mol. The van der Waals surface area contributed by atoms with E-state index in [9.17, 15) is 14.4 Å². The lowest BCUT2D eigenvalue weighted by molar-refractivity contribution is -0.130. The molecule has 0 aromatic carbocycles. The van der Waals surface area contributed by atoms with Gasteiger partial charge in [-0.05, 0) is 24.8 Å². The number of aromatic nitrogens is 2. The van der Waals surface area contributed by atoms with Gasteiger partial charge in [-0.3, -0.25) is 14.6 Å². The monoisotopic (exact) mass is 431 g/mol. The number of fused-ring (bicyclic) bond motifs is 1. The van der Waals surface area contributed by atoms with Crippen LogP contribution in [0.4, 0.5) is 0 Å². The summed E-state index contributed by atoms with van der Waals surface area (Å²) in [5, 5.41) is 4.47. The van der Waals surface area contributed by atoms with Gasteiger partial charge in [0.05, 0.1) is 0 Å². The number of H-pyrrole nitrogens is 1. The number of unbranched alkanes of at least 4 members (excludes halogenated alkanes) is 1. The highest BCUT2D eigenvalue weighted by Crippen LogP contribution is 2.16. The van der Waals surface area contributed by atoms with E-state index in [4.69, 9.17) is 9.25 Å². The molecule has 0 saturated carbocycles. The molecule has 2 aromatic heterocycles. The van der Waals surface area contributed by atoms with Crippen molar-refractivity contribution in [2.45, 2.75) is 52.9 Å². The van der Waals surface area contributed by atoms with Gasteiger partial charge in [-0.15, -0.1) is 0 Å². The Kier molecular flexibility index (Phi) is 7.43. The second-order valence-electron chi connectivity index (χ2n) is 7.59. The maximum absolute atomic E-state index is 12.6. The van der Waals surface area contributed by atoms with Crippen molar-refractivity contribution in [3.63, 3.8) is 0 Å². The van der Waals surface area contributed by atoms with Gasteiger partial charge in [0.2, 0.25) is 11.6 Å². The minimum absolute atomic E-state index is 0.0559. The van der Waals surface area contributed by atoms with E-state index in [1.807, 2.05) is 13.8 Å². The summed E-state index contributed by atoms with van der Waals surface area (Å²) in [5.74, 6) is 0.772. The summed E-state index contributed by atoms with van der Waals surface area (Å²) in [6, 6.07) is 1.21. The number of rotatable bonds is 7. The molecule has 10 nitrogen and oxygen atoms in total. The van der Waals surface area contributed by atoms with Crippen LogP contribution in [-0.4, -0.2) is 57.7 Å². The maximum Gasteiger partial charge on any atom is 0.337 e. The van der Waals surface area contributed by atoms with Crippen molar-refractivity contribution in [3.8, 4) is 6.01 Å². The van der Waals surface area contributed by atoms with Crippen LogP contribution in [0, 0.1) is 0 Å². The number of carbonyl (C=O) groups is 1. The van der Waals surface area contributed by atoms with Crippen molar-refractivity contribution in [2.75, 3.05) is 26.2 Å². The van der Waals surface area contributed by atoms with Crippen LogP contribution in [0.5, 0.6) is 6.01 Å². The van der Waals surface area contributed by atoms with E-state index in [0.29, 0.717) is 50.4 Å². The van der Waals surface area contributed by atoms with Crippen LogP contribution in [0.25, 0.3) is 11.1 Å². The third kappa shape index (κ3) is 5.50. The van der Waals surface area contributed by atoms with Crippen LogP contribution < -0.4 is 16.0 Å². The molecule has 168 valence electrons. The molecule has 1 saturated heterocycles. The maximum atomic E-state index is 12.6. The zero-order valence-corrected chi connectivity index (χ0v) is 18.3. The molecule has 0 radical (unpaired) electrons. The van der Waals surface area contributed by atoms with E-state index in [-0.39, 0.29) is 23.0 Å². The summed E-state index contributed by atoms with van der Waals surface area (Å²) < 4.78 is 5.15. The first-order valence-corrected chi connectivity index (χ1v) is 10.7. The molecular weight excluding hydrogens is 402 g/mol. The summed E-state index contributed by atoms with van der Waals surface area (Å²) in [4.78, 5) is 52.1. The van der Waals surface area contributed by atoms with Gasteiger partial charge in [0.1, 0.15) is 11.2 Å². The topological polar surface area (TPSA) is 121 Å². The molecule has 3 rings (SSSR count).